The summed E-state index contributed by atoms with van der Waals surface area (Å²) in [6.07, 6.45) is 0. The first-order chi connectivity index (χ1) is 10.1. The van der Waals surface area contributed by atoms with Crippen molar-refractivity contribution < 1.29 is 9.59 Å². The Morgan fingerprint density at radius 2 is 1.91 bits per heavy atom. The molecule has 4 N–H and O–H groups in total. The van der Waals surface area contributed by atoms with Gasteiger partial charge in [0.05, 0.1) is 6.04 Å². The van der Waals surface area contributed by atoms with Gasteiger partial charge in [0.15, 0.2) is 0 Å². The highest BCUT2D eigenvalue weighted by Gasteiger charge is 2.22. The van der Waals surface area contributed by atoms with Gasteiger partial charge in [0.25, 0.3) is 0 Å². The minimum atomic E-state index is -0.471. The first-order valence-corrected chi connectivity index (χ1v) is 7.15. The smallest absolute Gasteiger partial charge is 0.321 e. The summed E-state index contributed by atoms with van der Waals surface area (Å²) in [5.41, 5.74) is 6.72. The maximum atomic E-state index is 12.1. The van der Waals surface area contributed by atoms with Crippen molar-refractivity contribution in [1.82, 2.24) is 15.5 Å². The fourth-order valence-corrected chi connectivity index (χ4v) is 1.98. The van der Waals surface area contributed by atoms with Gasteiger partial charge in [0.2, 0.25) is 5.91 Å². The first-order valence-electron chi connectivity index (χ1n) is 7.15. The van der Waals surface area contributed by atoms with Crippen molar-refractivity contribution in [1.29, 1.82) is 0 Å². The number of imide groups is 1. The molecule has 1 atom stereocenters. The second-order valence-corrected chi connectivity index (χ2v) is 4.77. The Bertz CT molecular complexity index is 456. The second-order valence-electron chi connectivity index (χ2n) is 4.77. The fourth-order valence-electron chi connectivity index (χ4n) is 1.98. The number of hydrogen-bond acceptors (Lipinski definition) is 4. The van der Waals surface area contributed by atoms with Crippen LogP contribution in [0.25, 0.3) is 0 Å². The standard InChI is InChI=1S/C15H24N4O2.ClH/c1-3-17-15(21)18-14(20)12(2)19(10-9-16)11-13-7-5-4-6-8-13;/h4-8,12H,3,9-11,16H2,1-2H3,(H2,17,18,20,21);1H. The Hall–Kier alpha value is -1.63. The highest BCUT2D eigenvalue weighted by atomic mass is 35.5. The normalized spacial score (nSPS) is 11.5. The van der Waals surface area contributed by atoms with E-state index in [9.17, 15) is 9.59 Å². The van der Waals surface area contributed by atoms with Gasteiger partial charge in [-0.05, 0) is 19.4 Å². The van der Waals surface area contributed by atoms with Crippen LogP contribution in [0.5, 0.6) is 0 Å². The second kappa shape index (κ2) is 11.0. The van der Waals surface area contributed by atoms with Gasteiger partial charge in [0, 0.05) is 26.2 Å². The van der Waals surface area contributed by atoms with Crippen molar-refractivity contribution in [2.24, 2.45) is 5.73 Å². The molecule has 22 heavy (non-hydrogen) atoms. The molecule has 0 aliphatic carbocycles. The third kappa shape index (κ3) is 6.89. The molecule has 3 amide bonds. The number of amides is 3. The topological polar surface area (TPSA) is 87.5 Å². The summed E-state index contributed by atoms with van der Waals surface area (Å²) in [5.74, 6) is -0.328. The summed E-state index contributed by atoms with van der Waals surface area (Å²) in [6.45, 7) is 5.69. The zero-order valence-corrected chi connectivity index (χ0v) is 13.9. The number of urea groups is 1. The molecule has 0 radical (unpaired) electrons. The van der Waals surface area contributed by atoms with Crippen molar-refractivity contribution in [3.05, 3.63) is 35.9 Å². The van der Waals surface area contributed by atoms with Crippen LogP contribution in [0.1, 0.15) is 19.4 Å². The molecule has 0 aliphatic rings. The van der Waals surface area contributed by atoms with Crippen LogP contribution < -0.4 is 16.4 Å². The lowest BCUT2D eigenvalue weighted by Gasteiger charge is -2.27. The van der Waals surface area contributed by atoms with Gasteiger partial charge >= 0.3 is 6.03 Å². The summed E-state index contributed by atoms with van der Waals surface area (Å²) in [6, 6.07) is 8.95. The van der Waals surface area contributed by atoms with Crippen LogP contribution in [-0.2, 0) is 11.3 Å². The molecule has 124 valence electrons. The highest BCUT2D eigenvalue weighted by molar-refractivity contribution is 5.96. The van der Waals surface area contributed by atoms with Crippen LogP contribution in [0.4, 0.5) is 4.79 Å². The molecule has 7 heteroatoms. The van der Waals surface area contributed by atoms with E-state index in [4.69, 9.17) is 5.73 Å². The molecular weight excluding hydrogens is 304 g/mol. The van der Waals surface area contributed by atoms with Gasteiger partial charge in [-0.2, -0.15) is 0 Å². The van der Waals surface area contributed by atoms with Gasteiger partial charge in [-0.25, -0.2) is 4.79 Å². The van der Waals surface area contributed by atoms with Crippen molar-refractivity contribution in [3.63, 3.8) is 0 Å². The number of nitrogens with two attached hydrogens (primary N) is 1. The Labute approximate surface area is 137 Å². The van der Waals surface area contributed by atoms with E-state index in [1.807, 2.05) is 35.2 Å². The molecule has 0 aliphatic heterocycles. The molecule has 1 unspecified atom stereocenters. The maximum absolute atomic E-state index is 12.1. The molecule has 6 nitrogen and oxygen atoms in total. The molecule has 1 aromatic rings. The predicted octanol–water partition coefficient (Wildman–Crippen LogP) is 1.10. The summed E-state index contributed by atoms with van der Waals surface area (Å²) in [4.78, 5) is 25.4. The molecule has 0 fully saturated rings. The number of nitrogens with one attached hydrogen (secondary N) is 2. The first kappa shape index (κ1) is 20.4. The molecular formula is C15H25ClN4O2. The van der Waals surface area contributed by atoms with Gasteiger partial charge in [0.1, 0.15) is 0 Å². The van der Waals surface area contributed by atoms with Gasteiger partial charge in [-0.15, -0.1) is 12.4 Å². The van der Waals surface area contributed by atoms with E-state index in [-0.39, 0.29) is 18.3 Å². The number of benzene rings is 1. The Morgan fingerprint density at radius 1 is 1.27 bits per heavy atom. The lowest BCUT2D eigenvalue weighted by atomic mass is 10.1. The lowest BCUT2D eigenvalue weighted by Crippen LogP contribution is -2.50. The average molecular weight is 329 g/mol. The summed E-state index contributed by atoms with van der Waals surface area (Å²) in [5, 5.41) is 4.87. The SMILES string of the molecule is CCNC(=O)NC(=O)C(C)N(CCN)Cc1ccccc1.Cl. The predicted molar refractivity (Wildman–Crippen MR) is 89.8 cm³/mol. The molecule has 0 saturated heterocycles. The highest BCUT2D eigenvalue weighted by Crippen LogP contribution is 2.08. The van der Waals surface area contributed by atoms with Crippen LogP contribution in [0.2, 0.25) is 0 Å². The Kier molecular flexibility index (Phi) is 10.2. The molecule has 0 heterocycles. The lowest BCUT2D eigenvalue weighted by molar-refractivity contribution is -0.124. The van der Waals surface area contributed by atoms with Crippen LogP contribution in [0.15, 0.2) is 30.3 Å². The fraction of sp³-hybridized carbons (Fsp3) is 0.467. The minimum Gasteiger partial charge on any atom is -0.338 e. The molecule has 0 aromatic heterocycles. The Balaban J connectivity index is 0.00000441. The zero-order valence-electron chi connectivity index (χ0n) is 13.0. The van der Waals surface area contributed by atoms with Crippen LogP contribution in [0, 0.1) is 0 Å². The van der Waals surface area contributed by atoms with Gasteiger partial charge < -0.3 is 11.1 Å². The van der Waals surface area contributed by atoms with E-state index >= 15 is 0 Å². The summed E-state index contributed by atoms with van der Waals surface area (Å²) in [7, 11) is 0. The summed E-state index contributed by atoms with van der Waals surface area (Å²) < 4.78 is 0. The van der Waals surface area contributed by atoms with Crippen molar-refractivity contribution in [2.45, 2.75) is 26.4 Å². The number of halogens is 1. The van der Waals surface area contributed by atoms with Crippen molar-refractivity contribution in [2.75, 3.05) is 19.6 Å². The number of carbonyl (C=O) groups excluding carboxylic acids is 2. The minimum absolute atomic E-state index is 0. The molecule has 1 rings (SSSR count). The number of rotatable bonds is 7. The average Bonchev–Trinajstić information content (AvgIpc) is 2.47. The van der Waals surface area contributed by atoms with Crippen molar-refractivity contribution in [3.8, 4) is 0 Å². The molecule has 1 aromatic carbocycles. The van der Waals surface area contributed by atoms with E-state index in [1.54, 1.807) is 13.8 Å². The number of hydrogen-bond donors (Lipinski definition) is 3. The van der Waals surface area contributed by atoms with E-state index < -0.39 is 12.1 Å². The number of carbonyl (C=O) groups is 2. The largest absolute Gasteiger partial charge is 0.338 e. The third-order valence-electron chi connectivity index (χ3n) is 3.15. The number of nitrogens with zero attached hydrogens (tertiary/aromatic N) is 1. The van der Waals surface area contributed by atoms with Crippen molar-refractivity contribution >= 4 is 24.3 Å². The van der Waals surface area contributed by atoms with Gasteiger partial charge in [-0.3, -0.25) is 15.0 Å². The zero-order chi connectivity index (χ0) is 15.7. The van der Waals surface area contributed by atoms with Crippen LogP contribution >= 0.6 is 12.4 Å². The van der Waals surface area contributed by atoms with E-state index in [2.05, 4.69) is 10.6 Å². The van der Waals surface area contributed by atoms with Crippen LogP contribution in [0.3, 0.4) is 0 Å². The van der Waals surface area contributed by atoms with E-state index in [1.165, 1.54) is 0 Å². The van der Waals surface area contributed by atoms with Gasteiger partial charge in [-0.1, -0.05) is 30.3 Å². The molecule has 0 spiro atoms. The van der Waals surface area contributed by atoms with Crippen LogP contribution in [-0.4, -0.2) is 42.5 Å². The molecule has 0 bridgehead atoms. The quantitative estimate of drug-likeness (QED) is 0.699. The maximum Gasteiger partial charge on any atom is 0.321 e. The third-order valence-corrected chi connectivity index (χ3v) is 3.15. The Morgan fingerprint density at radius 3 is 2.45 bits per heavy atom. The van der Waals surface area contributed by atoms with E-state index in [0.29, 0.717) is 26.2 Å². The molecule has 0 saturated carbocycles. The monoisotopic (exact) mass is 328 g/mol. The van der Waals surface area contributed by atoms with E-state index in [0.717, 1.165) is 5.56 Å². The summed E-state index contributed by atoms with van der Waals surface area (Å²) >= 11 is 0.